The van der Waals surface area contributed by atoms with E-state index in [1.807, 2.05) is 84.6 Å². The molecule has 0 aliphatic carbocycles. The summed E-state index contributed by atoms with van der Waals surface area (Å²) in [7, 11) is 0. The predicted octanol–water partition coefficient (Wildman–Crippen LogP) is 6.55. The molecule has 1 aliphatic rings. The number of aromatic amines is 1. The Hall–Kier alpha value is -2.89. The highest BCUT2D eigenvalue weighted by molar-refractivity contribution is 9.10. The molecule has 148 valence electrons. The van der Waals surface area contributed by atoms with Crippen molar-refractivity contribution >= 4 is 39.1 Å². The fourth-order valence-electron chi connectivity index (χ4n) is 3.91. The quantitative estimate of drug-likeness (QED) is 0.363. The summed E-state index contributed by atoms with van der Waals surface area (Å²) in [5, 5.41) is 8.15. The van der Waals surface area contributed by atoms with E-state index in [1.165, 1.54) is 0 Å². The summed E-state index contributed by atoms with van der Waals surface area (Å²) >= 11 is 9.58. The molecule has 2 heterocycles. The van der Waals surface area contributed by atoms with Crippen LogP contribution in [0.2, 0.25) is 5.02 Å². The minimum Gasteiger partial charge on any atom is -0.295 e. The molecule has 1 N–H and O–H groups in total. The molecule has 4 nitrogen and oxygen atoms in total. The van der Waals surface area contributed by atoms with Gasteiger partial charge in [0, 0.05) is 26.3 Å². The van der Waals surface area contributed by atoms with Crippen LogP contribution in [0.4, 0.5) is 5.69 Å². The molecule has 0 unspecified atom stereocenters. The van der Waals surface area contributed by atoms with Gasteiger partial charge in [0.1, 0.15) is 5.69 Å². The number of nitrogens with zero attached hydrogens (tertiary/aromatic N) is 2. The first-order valence-electron chi connectivity index (χ1n) is 9.53. The smallest absolute Gasteiger partial charge is 0.277 e. The highest BCUT2D eigenvalue weighted by Crippen LogP contribution is 2.45. The zero-order valence-corrected chi connectivity index (χ0v) is 18.4. The number of aromatic nitrogens is 2. The largest absolute Gasteiger partial charge is 0.295 e. The zero-order chi connectivity index (χ0) is 20.8. The van der Waals surface area contributed by atoms with Gasteiger partial charge in [-0.15, -0.1) is 0 Å². The van der Waals surface area contributed by atoms with Crippen LogP contribution >= 0.6 is 27.5 Å². The minimum atomic E-state index is -0.285. The highest BCUT2D eigenvalue weighted by Gasteiger charge is 2.43. The van der Waals surface area contributed by atoms with Crippen molar-refractivity contribution < 1.29 is 4.79 Å². The standard InChI is InChI=1S/C24H17BrClN3O/c1-14-2-12-19(13-3-14)29-23(16-4-8-17(25)9-5-16)20-21(27-28-22(20)24(29)30)15-6-10-18(26)11-7-15/h2-13,23H,1H3,(H,27,28)/t23-/m0/s1. The molecular weight excluding hydrogens is 462 g/mol. The lowest BCUT2D eigenvalue weighted by molar-refractivity contribution is 0.0989. The van der Waals surface area contributed by atoms with Gasteiger partial charge in [-0.3, -0.25) is 14.8 Å². The number of carbonyl (C=O) groups excluding carboxylic acids is 1. The lowest BCUT2D eigenvalue weighted by Gasteiger charge is -2.26. The van der Waals surface area contributed by atoms with Gasteiger partial charge in [-0.1, -0.05) is 69.5 Å². The van der Waals surface area contributed by atoms with Gasteiger partial charge in [-0.05, 0) is 48.9 Å². The van der Waals surface area contributed by atoms with E-state index < -0.39 is 0 Å². The number of amides is 1. The van der Waals surface area contributed by atoms with Crippen molar-refractivity contribution in [1.82, 2.24) is 10.2 Å². The molecule has 0 fully saturated rings. The Morgan fingerprint density at radius 1 is 0.967 bits per heavy atom. The summed E-state index contributed by atoms with van der Waals surface area (Å²) in [6.07, 6.45) is 0. The molecule has 0 spiro atoms. The first-order valence-corrected chi connectivity index (χ1v) is 10.7. The monoisotopic (exact) mass is 477 g/mol. The van der Waals surface area contributed by atoms with Crippen LogP contribution in [-0.2, 0) is 0 Å². The molecule has 6 heteroatoms. The number of anilines is 1. The second-order valence-electron chi connectivity index (χ2n) is 7.33. The SMILES string of the molecule is Cc1ccc(N2C(=O)c3[nH]nc(-c4ccc(Cl)cc4)c3[C@@H]2c2ccc(Br)cc2)cc1. The Morgan fingerprint density at radius 3 is 2.30 bits per heavy atom. The van der Waals surface area contributed by atoms with Crippen LogP contribution in [0, 0.1) is 6.92 Å². The second kappa shape index (κ2) is 7.42. The molecule has 5 rings (SSSR count). The van der Waals surface area contributed by atoms with E-state index in [9.17, 15) is 4.79 Å². The van der Waals surface area contributed by atoms with Crippen molar-refractivity contribution in [3.8, 4) is 11.3 Å². The van der Waals surface area contributed by atoms with Gasteiger partial charge in [0.25, 0.3) is 5.91 Å². The highest BCUT2D eigenvalue weighted by atomic mass is 79.9. The molecule has 0 saturated heterocycles. The number of hydrogen-bond acceptors (Lipinski definition) is 2. The second-order valence-corrected chi connectivity index (χ2v) is 8.68. The lowest BCUT2D eigenvalue weighted by atomic mass is 9.96. The molecule has 0 radical (unpaired) electrons. The van der Waals surface area contributed by atoms with Gasteiger partial charge in [-0.2, -0.15) is 5.10 Å². The van der Waals surface area contributed by atoms with Crippen LogP contribution < -0.4 is 4.90 Å². The van der Waals surface area contributed by atoms with Crippen LogP contribution in [0.1, 0.15) is 33.2 Å². The van der Waals surface area contributed by atoms with Crippen molar-refractivity contribution in [2.24, 2.45) is 0 Å². The van der Waals surface area contributed by atoms with E-state index in [0.29, 0.717) is 10.7 Å². The summed E-state index contributed by atoms with van der Waals surface area (Å²) in [4.78, 5) is 15.3. The van der Waals surface area contributed by atoms with E-state index in [2.05, 4.69) is 26.1 Å². The number of halogens is 2. The fourth-order valence-corrected chi connectivity index (χ4v) is 4.30. The van der Waals surface area contributed by atoms with E-state index >= 15 is 0 Å². The maximum absolute atomic E-state index is 13.5. The van der Waals surface area contributed by atoms with Crippen LogP contribution in [0.15, 0.2) is 77.3 Å². The van der Waals surface area contributed by atoms with Crippen molar-refractivity contribution in [1.29, 1.82) is 0 Å². The number of hydrogen-bond donors (Lipinski definition) is 1. The maximum atomic E-state index is 13.5. The van der Waals surface area contributed by atoms with E-state index in [0.717, 1.165) is 38.1 Å². The number of nitrogens with one attached hydrogen (secondary N) is 1. The third-order valence-electron chi connectivity index (χ3n) is 5.38. The molecule has 1 amide bonds. The third kappa shape index (κ3) is 3.15. The normalized spacial score (nSPS) is 15.5. The molecule has 1 aliphatic heterocycles. The summed E-state index contributed by atoms with van der Waals surface area (Å²) in [5.41, 5.74) is 6.09. The van der Waals surface area contributed by atoms with Gasteiger partial charge < -0.3 is 0 Å². The number of rotatable bonds is 3. The zero-order valence-electron chi connectivity index (χ0n) is 16.1. The Balaban J connectivity index is 1.71. The maximum Gasteiger partial charge on any atom is 0.277 e. The van der Waals surface area contributed by atoms with E-state index in [-0.39, 0.29) is 11.9 Å². The molecule has 4 aromatic rings. The summed E-state index contributed by atoms with van der Waals surface area (Å²) in [6.45, 7) is 2.03. The lowest BCUT2D eigenvalue weighted by Crippen LogP contribution is -2.29. The van der Waals surface area contributed by atoms with Gasteiger partial charge in [0.15, 0.2) is 0 Å². The Bertz CT molecular complexity index is 1230. The van der Waals surface area contributed by atoms with Gasteiger partial charge in [0.2, 0.25) is 0 Å². The fraction of sp³-hybridized carbons (Fsp3) is 0.0833. The number of carbonyl (C=O) groups is 1. The van der Waals surface area contributed by atoms with Crippen LogP contribution in [-0.4, -0.2) is 16.1 Å². The molecule has 0 saturated carbocycles. The number of H-pyrrole nitrogens is 1. The summed E-state index contributed by atoms with van der Waals surface area (Å²) < 4.78 is 0.989. The van der Waals surface area contributed by atoms with Crippen molar-refractivity contribution in [2.75, 3.05) is 4.90 Å². The topological polar surface area (TPSA) is 49.0 Å². The average Bonchev–Trinajstić information content (AvgIpc) is 3.29. The van der Waals surface area contributed by atoms with Crippen LogP contribution in [0.25, 0.3) is 11.3 Å². The van der Waals surface area contributed by atoms with E-state index in [4.69, 9.17) is 11.6 Å². The molecule has 0 bridgehead atoms. The molecule has 3 aromatic carbocycles. The Labute approximate surface area is 187 Å². The van der Waals surface area contributed by atoms with Crippen molar-refractivity contribution in [3.05, 3.63) is 105 Å². The number of aryl methyl sites for hydroxylation is 1. The summed E-state index contributed by atoms with van der Waals surface area (Å²) in [6, 6.07) is 23.3. The molecule has 30 heavy (non-hydrogen) atoms. The van der Waals surface area contributed by atoms with Crippen molar-refractivity contribution in [3.63, 3.8) is 0 Å². The Morgan fingerprint density at radius 2 is 1.63 bits per heavy atom. The average molecular weight is 479 g/mol. The van der Waals surface area contributed by atoms with Crippen LogP contribution in [0.3, 0.4) is 0 Å². The number of fused-ring (bicyclic) bond motifs is 1. The Kier molecular flexibility index (Phi) is 4.72. The van der Waals surface area contributed by atoms with Gasteiger partial charge >= 0.3 is 0 Å². The number of benzene rings is 3. The molecule has 1 aromatic heterocycles. The molecule has 1 atom stereocenters. The first kappa shape index (κ1) is 19.1. The third-order valence-corrected chi connectivity index (χ3v) is 6.16. The predicted molar refractivity (Wildman–Crippen MR) is 123 cm³/mol. The van der Waals surface area contributed by atoms with Crippen LogP contribution in [0.5, 0.6) is 0 Å². The summed E-state index contributed by atoms with van der Waals surface area (Å²) in [5.74, 6) is -0.0884. The first-order chi connectivity index (χ1) is 14.5. The minimum absolute atomic E-state index is 0.0884. The van der Waals surface area contributed by atoms with Gasteiger partial charge in [-0.25, -0.2) is 0 Å². The van der Waals surface area contributed by atoms with Crippen molar-refractivity contribution in [2.45, 2.75) is 13.0 Å². The molecular formula is C24H17BrClN3O. The van der Waals surface area contributed by atoms with Gasteiger partial charge in [0.05, 0.1) is 11.7 Å². The van der Waals surface area contributed by atoms with E-state index in [1.54, 1.807) is 0 Å².